The van der Waals surface area contributed by atoms with Crippen molar-refractivity contribution in [3.8, 4) is 0 Å². The summed E-state index contributed by atoms with van der Waals surface area (Å²) in [5, 5.41) is 1.37. The lowest BCUT2D eigenvalue weighted by molar-refractivity contribution is 0.0999. The Morgan fingerprint density at radius 2 is 1.33 bits per heavy atom. The minimum Gasteiger partial charge on any atom is -0.365 e. The molecular formula is C10H8N2O2S. The number of fused-ring (bicyclic) bond motifs is 1. The molecule has 0 saturated heterocycles. The Morgan fingerprint density at radius 3 is 1.67 bits per heavy atom. The van der Waals surface area contributed by atoms with Crippen molar-refractivity contribution >= 4 is 33.9 Å². The first kappa shape index (κ1) is 9.67. The predicted molar refractivity (Wildman–Crippen MR) is 58.9 cm³/mol. The van der Waals surface area contributed by atoms with Gasteiger partial charge in [-0.15, -0.1) is 11.3 Å². The molecule has 0 spiro atoms. The van der Waals surface area contributed by atoms with Crippen LogP contribution in [0.15, 0.2) is 24.3 Å². The van der Waals surface area contributed by atoms with E-state index in [1.54, 1.807) is 24.3 Å². The van der Waals surface area contributed by atoms with E-state index in [0.717, 1.165) is 11.3 Å². The number of hydrogen-bond acceptors (Lipinski definition) is 3. The summed E-state index contributed by atoms with van der Waals surface area (Å²) in [6.07, 6.45) is 0. The number of thiophene rings is 1. The number of nitrogens with two attached hydrogens (primary N) is 2. The highest BCUT2D eigenvalue weighted by atomic mass is 32.1. The number of hydrogen-bond donors (Lipinski definition) is 2. The Hall–Kier alpha value is -1.88. The molecule has 0 saturated carbocycles. The fraction of sp³-hybridized carbons (Fsp3) is 0. The van der Waals surface area contributed by atoms with Gasteiger partial charge in [-0.2, -0.15) is 0 Å². The van der Waals surface area contributed by atoms with Crippen LogP contribution in [0.3, 0.4) is 0 Å². The normalized spacial score (nSPS) is 10.4. The molecule has 2 aromatic rings. The molecule has 1 aromatic carbocycles. The quantitative estimate of drug-likeness (QED) is 0.793. The molecule has 15 heavy (non-hydrogen) atoms. The van der Waals surface area contributed by atoms with E-state index in [1.165, 1.54) is 0 Å². The molecular weight excluding hydrogens is 212 g/mol. The zero-order valence-corrected chi connectivity index (χ0v) is 8.51. The van der Waals surface area contributed by atoms with Crippen LogP contribution in [-0.4, -0.2) is 11.8 Å². The fourth-order valence-corrected chi connectivity index (χ4v) is 2.44. The van der Waals surface area contributed by atoms with Gasteiger partial charge in [-0.25, -0.2) is 0 Å². The highest BCUT2D eigenvalue weighted by Gasteiger charge is 2.17. The maximum Gasteiger partial charge on any atom is 0.259 e. The van der Waals surface area contributed by atoms with Gasteiger partial charge in [0, 0.05) is 10.8 Å². The molecule has 76 valence electrons. The van der Waals surface area contributed by atoms with E-state index in [2.05, 4.69) is 0 Å². The van der Waals surface area contributed by atoms with Crippen LogP contribution in [0.25, 0.3) is 10.8 Å². The minimum atomic E-state index is -0.538. The molecule has 4 nitrogen and oxygen atoms in total. The predicted octanol–water partition coefficient (Wildman–Crippen LogP) is 1.10. The highest BCUT2D eigenvalue weighted by molar-refractivity contribution is 7.17. The largest absolute Gasteiger partial charge is 0.365 e. The van der Waals surface area contributed by atoms with Gasteiger partial charge < -0.3 is 11.5 Å². The van der Waals surface area contributed by atoms with E-state index in [-0.39, 0.29) is 0 Å². The summed E-state index contributed by atoms with van der Waals surface area (Å²) in [4.78, 5) is 23.0. The van der Waals surface area contributed by atoms with Crippen LogP contribution in [0, 0.1) is 0 Å². The molecule has 0 aliphatic rings. The summed E-state index contributed by atoms with van der Waals surface area (Å²) in [5.41, 5.74) is 10.4. The summed E-state index contributed by atoms with van der Waals surface area (Å²) in [6, 6.07) is 7.06. The molecule has 0 atom stereocenters. The van der Waals surface area contributed by atoms with Crippen molar-refractivity contribution in [2.75, 3.05) is 0 Å². The smallest absolute Gasteiger partial charge is 0.259 e. The first-order valence-corrected chi connectivity index (χ1v) is 5.04. The SMILES string of the molecule is NC(=O)c1sc(C(N)=O)c2ccccc12. The minimum absolute atomic E-state index is 0.374. The van der Waals surface area contributed by atoms with Crippen LogP contribution in [0.4, 0.5) is 0 Å². The molecule has 1 heterocycles. The number of rotatable bonds is 2. The van der Waals surface area contributed by atoms with Crippen molar-refractivity contribution in [3.05, 3.63) is 34.0 Å². The van der Waals surface area contributed by atoms with E-state index in [4.69, 9.17) is 11.5 Å². The second kappa shape index (κ2) is 3.36. The average Bonchev–Trinajstić information content (AvgIpc) is 2.56. The van der Waals surface area contributed by atoms with Crippen LogP contribution < -0.4 is 11.5 Å². The molecule has 5 heteroatoms. The van der Waals surface area contributed by atoms with Gasteiger partial charge >= 0.3 is 0 Å². The first-order valence-electron chi connectivity index (χ1n) is 4.22. The van der Waals surface area contributed by atoms with Gasteiger partial charge in [0.1, 0.15) is 9.75 Å². The van der Waals surface area contributed by atoms with Gasteiger partial charge in [0.05, 0.1) is 0 Å². The summed E-state index contributed by atoms with van der Waals surface area (Å²) < 4.78 is 0. The zero-order valence-electron chi connectivity index (χ0n) is 7.69. The van der Waals surface area contributed by atoms with E-state index < -0.39 is 11.8 Å². The van der Waals surface area contributed by atoms with Crippen molar-refractivity contribution in [2.45, 2.75) is 0 Å². The molecule has 1 aromatic heterocycles. The van der Waals surface area contributed by atoms with Crippen molar-refractivity contribution in [2.24, 2.45) is 11.5 Å². The summed E-state index contributed by atoms with van der Waals surface area (Å²) in [7, 11) is 0. The van der Waals surface area contributed by atoms with Crippen LogP contribution in [-0.2, 0) is 0 Å². The van der Waals surface area contributed by atoms with E-state index >= 15 is 0 Å². The second-order valence-corrected chi connectivity index (χ2v) is 4.06. The zero-order chi connectivity index (χ0) is 11.0. The van der Waals surface area contributed by atoms with Gasteiger partial charge in [0.2, 0.25) is 0 Å². The van der Waals surface area contributed by atoms with Gasteiger partial charge in [-0.05, 0) is 0 Å². The average molecular weight is 220 g/mol. The van der Waals surface area contributed by atoms with E-state index in [9.17, 15) is 9.59 Å². The monoisotopic (exact) mass is 220 g/mol. The number of amides is 2. The third-order valence-corrected chi connectivity index (χ3v) is 3.32. The third-order valence-electron chi connectivity index (χ3n) is 2.07. The Kier molecular flexibility index (Phi) is 2.17. The van der Waals surface area contributed by atoms with Crippen molar-refractivity contribution < 1.29 is 9.59 Å². The van der Waals surface area contributed by atoms with Crippen LogP contribution in [0.2, 0.25) is 0 Å². The molecule has 0 unspecified atom stereocenters. The Balaban J connectivity index is 2.85. The Bertz CT molecular complexity index is 512. The molecule has 0 aliphatic heterocycles. The van der Waals surface area contributed by atoms with Gasteiger partial charge in [-0.1, -0.05) is 24.3 Å². The number of carbonyl (C=O) groups excluding carboxylic acids is 2. The summed E-state index contributed by atoms with van der Waals surface area (Å²) in [5.74, 6) is -1.08. The van der Waals surface area contributed by atoms with Gasteiger partial charge in [0.15, 0.2) is 0 Å². The van der Waals surface area contributed by atoms with Crippen LogP contribution in [0.5, 0.6) is 0 Å². The molecule has 0 bridgehead atoms. The third kappa shape index (κ3) is 1.46. The molecule has 2 rings (SSSR count). The highest BCUT2D eigenvalue weighted by Crippen LogP contribution is 2.30. The maximum atomic E-state index is 11.1. The van der Waals surface area contributed by atoms with Crippen molar-refractivity contribution in [1.82, 2.24) is 0 Å². The molecule has 0 radical (unpaired) electrons. The Labute approximate surface area is 89.5 Å². The van der Waals surface area contributed by atoms with Crippen molar-refractivity contribution in [3.63, 3.8) is 0 Å². The fourth-order valence-electron chi connectivity index (χ4n) is 1.46. The van der Waals surface area contributed by atoms with Crippen molar-refractivity contribution in [1.29, 1.82) is 0 Å². The summed E-state index contributed by atoms with van der Waals surface area (Å²) >= 11 is 1.04. The summed E-state index contributed by atoms with van der Waals surface area (Å²) in [6.45, 7) is 0. The Morgan fingerprint density at radius 1 is 0.933 bits per heavy atom. The maximum absolute atomic E-state index is 11.1. The lowest BCUT2D eigenvalue weighted by Gasteiger charge is -1.91. The molecule has 0 fully saturated rings. The van der Waals surface area contributed by atoms with Gasteiger partial charge in [0.25, 0.3) is 11.8 Å². The topological polar surface area (TPSA) is 86.2 Å². The van der Waals surface area contributed by atoms with E-state index in [0.29, 0.717) is 20.5 Å². The van der Waals surface area contributed by atoms with Gasteiger partial charge in [-0.3, -0.25) is 9.59 Å². The standard InChI is InChI=1S/C10H8N2O2S/c11-9(13)7-5-3-1-2-4-6(5)8(15-7)10(12)14/h1-4H,(H2,11,13)(H2,12,14). The van der Waals surface area contributed by atoms with Crippen LogP contribution in [0.1, 0.15) is 19.3 Å². The van der Waals surface area contributed by atoms with E-state index in [1.807, 2.05) is 0 Å². The van der Waals surface area contributed by atoms with Crippen LogP contribution >= 0.6 is 11.3 Å². The number of benzene rings is 1. The number of carbonyl (C=O) groups is 2. The lowest BCUT2D eigenvalue weighted by Crippen LogP contribution is -2.09. The second-order valence-electron chi connectivity index (χ2n) is 3.03. The molecule has 4 N–H and O–H groups in total. The lowest BCUT2D eigenvalue weighted by atomic mass is 10.1. The first-order chi connectivity index (χ1) is 7.11. The number of primary amides is 2. The molecule has 2 amide bonds. The molecule has 0 aliphatic carbocycles.